The van der Waals surface area contributed by atoms with Crippen molar-refractivity contribution in [3.63, 3.8) is 0 Å². The Bertz CT molecular complexity index is 1480. The SMILES string of the molecule is C=C(c1ccnc(Cl)c1)c1n[nH]c2nc(N3CCC4(CC3)Cc3ccccc3[C@H]4N)[nH]c(=O)c12. The van der Waals surface area contributed by atoms with Crippen LogP contribution in [0.1, 0.15) is 41.3 Å². The van der Waals surface area contributed by atoms with Crippen molar-refractivity contribution in [2.75, 3.05) is 18.0 Å². The van der Waals surface area contributed by atoms with E-state index in [2.05, 4.69) is 60.9 Å². The van der Waals surface area contributed by atoms with Gasteiger partial charge in [-0.2, -0.15) is 10.1 Å². The summed E-state index contributed by atoms with van der Waals surface area (Å²) in [6.45, 7) is 5.66. The number of fused-ring (bicyclic) bond motifs is 2. The van der Waals surface area contributed by atoms with Crippen molar-refractivity contribution >= 4 is 34.2 Å². The van der Waals surface area contributed by atoms with E-state index < -0.39 is 0 Å². The summed E-state index contributed by atoms with van der Waals surface area (Å²) in [5, 5.41) is 7.96. The molecule has 1 spiro atoms. The van der Waals surface area contributed by atoms with Gasteiger partial charge in [0.2, 0.25) is 5.95 Å². The third kappa shape index (κ3) is 3.25. The van der Waals surface area contributed by atoms with Crippen LogP contribution in [0.5, 0.6) is 0 Å². The molecule has 6 rings (SSSR count). The van der Waals surface area contributed by atoms with E-state index in [1.807, 2.05) is 0 Å². The number of benzene rings is 1. The van der Waals surface area contributed by atoms with Crippen LogP contribution in [0.2, 0.25) is 5.15 Å². The number of hydrogen-bond acceptors (Lipinski definition) is 6. The fourth-order valence-electron chi connectivity index (χ4n) is 5.49. The fourth-order valence-corrected chi connectivity index (χ4v) is 5.66. The number of hydrogen-bond donors (Lipinski definition) is 3. The second kappa shape index (κ2) is 7.78. The number of pyridine rings is 1. The molecule has 4 heterocycles. The summed E-state index contributed by atoms with van der Waals surface area (Å²) in [6.07, 6.45) is 4.49. The molecule has 0 amide bonds. The van der Waals surface area contributed by atoms with Gasteiger partial charge >= 0.3 is 0 Å². The van der Waals surface area contributed by atoms with Crippen molar-refractivity contribution in [1.82, 2.24) is 25.1 Å². The molecule has 172 valence electrons. The normalized spacial score (nSPS) is 19.0. The summed E-state index contributed by atoms with van der Waals surface area (Å²) in [5.74, 6) is 0.546. The van der Waals surface area contributed by atoms with E-state index in [0.29, 0.717) is 33.4 Å². The van der Waals surface area contributed by atoms with Gasteiger partial charge in [0.05, 0.1) is 0 Å². The maximum absolute atomic E-state index is 13.1. The Labute approximate surface area is 200 Å². The van der Waals surface area contributed by atoms with Gasteiger partial charge in [0.25, 0.3) is 5.56 Å². The number of aromatic nitrogens is 5. The number of anilines is 1. The molecular weight excluding hydrogens is 450 g/mol. The number of aromatic amines is 2. The monoisotopic (exact) mass is 473 g/mol. The summed E-state index contributed by atoms with van der Waals surface area (Å²) in [7, 11) is 0. The van der Waals surface area contributed by atoms with E-state index in [9.17, 15) is 4.79 Å². The lowest BCUT2D eigenvalue weighted by Crippen LogP contribution is -2.45. The van der Waals surface area contributed by atoms with Crippen molar-refractivity contribution in [2.45, 2.75) is 25.3 Å². The van der Waals surface area contributed by atoms with Crippen LogP contribution in [0.4, 0.5) is 5.95 Å². The third-order valence-corrected chi connectivity index (χ3v) is 7.64. The highest BCUT2D eigenvalue weighted by Crippen LogP contribution is 2.50. The zero-order valence-corrected chi connectivity index (χ0v) is 19.3. The van der Waals surface area contributed by atoms with Gasteiger partial charge in [-0.3, -0.25) is 14.9 Å². The lowest BCUT2D eigenvalue weighted by Gasteiger charge is -2.42. The van der Waals surface area contributed by atoms with Crippen molar-refractivity contribution in [1.29, 1.82) is 0 Å². The number of halogens is 1. The zero-order valence-electron chi connectivity index (χ0n) is 18.5. The van der Waals surface area contributed by atoms with Crippen LogP contribution in [-0.4, -0.2) is 38.2 Å². The van der Waals surface area contributed by atoms with Crippen LogP contribution in [0.15, 0.2) is 54.0 Å². The molecule has 4 N–H and O–H groups in total. The molecule has 9 heteroatoms. The molecule has 4 aromatic rings. The van der Waals surface area contributed by atoms with Crippen molar-refractivity contribution in [2.24, 2.45) is 11.1 Å². The second-order valence-corrected chi connectivity index (χ2v) is 9.62. The molecule has 1 saturated heterocycles. The van der Waals surface area contributed by atoms with Crippen LogP contribution in [-0.2, 0) is 6.42 Å². The molecule has 1 fully saturated rings. The molecule has 0 bridgehead atoms. The smallest absolute Gasteiger partial charge is 0.264 e. The average Bonchev–Trinajstić information content (AvgIpc) is 3.39. The number of rotatable bonds is 3. The molecule has 3 aromatic heterocycles. The predicted octanol–water partition coefficient (Wildman–Crippen LogP) is 3.60. The summed E-state index contributed by atoms with van der Waals surface area (Å²) >= 11 is 6.01. The highest BCUT2D eigenvalue weighted by atomic mass is 35.5. The standard InChI is InChI=1S/C25H24ClN7O/c1-14(15-6-9-28-18(26)12-15)20-19-22(32-31-20)29-24(30-23(19)34)33-10-7-25(8-11-33)13-16-4-2-3-5-17(16)21(25)27/h2-6,9,12,21H,1,7-8,10-11,13,27H2,(H2,29,30,31,32,34)/t21-/m1/s1. The van der Waals surface area contributed by atoms with Crippen LogP contribution < -0.4 is 16.2 Å². The van der Waals surface area contributed by atoms with Crippen molar-refractivity contribution in [3.8, 4) is 0 Å². The van der Waals surface area contributed by atoms with Crippen molar-refractivity contribution in [3.05, 3.63) is 87.1 Å². The molecule has 0 saturated carbocycles. The van der Waals surface area contributed by atoms with Gasteiger partial charge in [0.15, 0.2) is 5.65 Å². The summed E-state index contributed by atoms with van der Waals surface area (Å²) in [4.78, 5) is 26.9. The molecule has 1 aliphatic carbocycles. The summed E-state index contributed by atoms with van der Waals surface area (Å²) < 4.78 is 0. The van der Waals surface area contributed by atoms with E-state index in [0.717, 1.165) is 37.9 Å². The van der Waals surface area contributed by atoms with Crippen LogP contribution in [0.3, 0.4) is 0 Å². The highest BCUT2D eigenvalue weighted by Gasteiger charge is 2.46. The molecule has 1 aliphatic heterocycles. The lowest BCUT2D eigenvalue weighted by atomic mass is 9.73. The minimum absolute atomic E-state index is 0.0446. The highest BCUT2D eigenvalue weighted by molar-refractivity contribution is 6.29. The van der Waals surface area contributed by atoms with Gasteiger partial charge in [-0.15, -0.1) is 0 Å². The topological polar surface area (TPSA) is 117 Å². The summed E-state index contributed by atoms with van der Waals surface area (Å²) in [5.41, 5.74) is 11.3. The van der Waals surface area contributed by atoms with Gasteiger partial charge in [0, 0.05) is 30.9 Å². The van der Waals surface area contributed by atoms with Gasteiger partial charge in [0.1, 0.15) is 16.2 Å². The Hall–Kier alpha value is -3.49. The maximum Gasteiger partial charge on any atom is 0.264 e. The molecule has 1 atom stereocenters. The van der Waals surface area contributed by atoms with Gasteiger partial charge in [-0.25, -0.2) is 4.98 Å². The quantitative estimate of drug-likeness (QED) is 0.391. The first-order valence-electron chi connectivity index (χ1n) is 11.3. The fraction of sp³-hybridized carbons (Fsp3) is 0.280. The van der Waals surface area contributed by atoms with Crippen LogP contribution >= 0.6 is 11.6 Å². The lowest BCUT2D eigenvalue weighted by molar-refractivity contribution is 0.187. The maximum atomic E-state index is 13.1. The Morgan fingerprint density at radius 3 is 2.79 bits per heavy atom. The van der Waals surface area contributed by atoms with E-state index in [-0.39, 0.29) is 17.0 Å². The van der Waals surface area contributed by atoms with Gasteiger partial charge < -0.3 is 10.6 Å². The van der Waals surface area contributed by atoms with E-state index >= 15 is 0 Å². The molecule has 0 unspecified atom stereocenters. The first-order chi connectivity index (χ1) is 16.4. The largest absolute Gasteiger partial charge is 0.342 e. The number of H-pyrrole nitrogens is 2. The number of nitrogens with one attached hydrogen (secondary N) is 2. The van der Waals surface area contributed by atoms with Crippen molar-refractivity contribution < 1.29 is 0 Å². The number of piperidine rings is 1. The summed E-state index contributed by atoms with van der Waals surface area (Å²) in [6, 6.07) is 12.0. The molecule has 2 aliphatic rings. The van der Waals surface area contributed by atoms with E-state index in [1.54, 1.807) is 18.3 Å². The van der Waals surface area contributed by atoms with E-state index in [1.165, 1.54) is 11.1 Å². The molecular formula is C25H24ClN7O. The zero-order chi connectivity index (χ0) is 23.4. The van der Waals surface area contributed by atoms with Gasteiger partial charge in [-0.05, 0) is 53.5 Å². The minimum atomic E-state index is -0.254. The number of nitrogens with two attached hydrogens (primary N) is 1. The molecule has 1 aromatic carbocycles. The van der Waals surface area contributed by atoms with Crippen LogP contribution in [0, 0.1) is 5.41 Å². The Morgan fingerprint density at radius 1 is 1.24 bits per heavy atom. The van der Waals surface area contributed by atoms with Gasteiger partial charge in [-0.1, -0.05) is 42.4 Å². The first-order valence-corrected chi connectivity index (χ1v) is 11.7. The minimum Gasteiger partial charge on any atom is -0.342 e. The molecule has 8 nitrogen and oxygen atoms in total. The molecule has 0 radical (unpaired) electrons. The van der Waals surface area contributed by atoms with E-state index in [4.69, 9.17) is 17.3 Å². The second-order valence-electron chi connectivity index (χ2n) is 9.23. The first kappa shape index (κ1) is 21.1. The average molecular weight is 474 g/mol. The Kier molecular flexibility index (Phi) is 4.82. The molecule has 34 heavy (non-hydrogen) atoms. The van der Waals surface area contributed by atoms with Crippen LogP contribution in [0.25, 0.3) is 16.6 Å². The predicted molar refractivity (Wildman–Crippen MR) is 133 cm³/mol. The number of nitrogens with zero attached hydrogens (tertiary/aromatic N) is 4. The Balaban J connectivity index is 1.26. The Morgan fingerprint density at radius 2 is 2.03 bits per heavy atom. The third-order valence-electron chi connectivity index (χ3n) is 7.43.